The lowest BCUT2D eigenvalue weighted by Gasteiger charge is -2.05. The van der Waals surface area contributed by atoms with Gasteiger partial charge in [-0.3, -0.25) is 4.79 Å². The van der Waals surface area contributed by atoms with Crippen LogP contribution in [0.15, 0.2) is 61.2 Å². The number of fused-ring (bicyclic) bond motifs is 1. The maximum Gasteiger partial charge on any atom is 0.246 e. The highest BCUT2D eigenvalue weighted by Crippen LogP contribution is 2.21. The van der Waals surface area contributed by atoms with Gasteiger partial charge in [0.05, 0.1) is 11.0 Å². The van der Waals surface area contributed by atoms with Crippen LogP contribution in [-0.2, 0) is 11.3 Å². The molecule has 7 nitrogen and oxygen atoms in total. The number of amides is 1. The van der Waals surface area contributed by atoms with E-state index in [1.54, 1.807) is 0 Å². The second-order valence-corrected chi connectivity index (χ2v) is 5.32. The SMILES string of the molecule is O=C(Cn1cncn1)Nc1ccc(-c2nc3ccccc3[nH]2)cc1. The fourth-order valence-electron chi connectivity index (χ4n) is 2.46. The number of aromatic amines is 1. The van der Waals surface area contributed by atoms with E-state index in [0.29, 0.717) is 0 Å². The zero-order valence-electron chi connectivity index (χ0n) is 12.7. The second kappa shape index (κ2) is 5.96. The molecule has 2 N–H and O–H groups in total. The summed E-state index contributed by atoms with van der Waals surface area (Å²) < 4.78 is 1.47. The summed E-state index contributed by atoms with van der Waals surface area (Å²) in [6.07, 6.45) is 2.90. The smallest absolute Gasteiger partial charge is 0.246 e. The summed E-state index contributed by atoms with van der Waals surface area (Å²) in [4.78, 5) is 23.6. The van der Waals surface area contributed by atoms with Crippen molar-refractivity contribution in [3.05, 3.63) is 61.2 Å². The normalized spacial score (nSPS) is 10.8. The Bertz CT molecular complexity index is 939. The Morgan fingerprint density at radius 3 is 2.71 bits per heavy atom. The van der Waals surface area contributed by atoms with Gasteiger partial charge in [0.1, 0.15) is 25.0 Å². The first-order valence-corrected chi connectivity index (χ1v) is 7.45. The summed E-state index contributed by atoms with van der Waals surface area (Å²) >= 11 is 0. The van der Waals surface area contributed by atoms with Gasteiger partial charge < -0.3 is 10.3 Å². The number of imidazole rings is 1. The van der Waals surface area contributed by atoms with Gasteiger partial charge >= 0.3 is 0 Å². The molecule has 0 radical (unpaired) electrons. The molecule has 4 aromatic rings. The number of hydrogen-bond acceptors (Lipinski definition) is 4. The molecule has 0 saturated heterocycles. The van der Waals surface area contributed by atoms with Gasteiger partial charge in [-0.1, -0.05) is 12.1 Å². The molecule has 0 saturated carbocycles. The Labute approximate surface area is 137 Å². The maximum atomic E-state index is 11.9. The van der Waals surface area contributed by atoms with E-state index in [1.165, 1.54) is 17.3 Å². The highest BCUT2D eigenvalue weighted by Gasteiger charge is 2.07. The van der Waals surface area contributed by atoms with Gasteiger partial charge in [-0.2, -0.15) is 5.10 Å². The van der Waals surface area contributed by atoms with E-state index in [0.717, 1.165) is 28.1 Å². The molecule has 2 aromatic heterocycles. The number of benzene rings is 2. The Morgan fingerprint density at radius 2 is 1.96 bits per heavy atom. The number of nitrogens with zero attached hydrogens (tertiary/aromatic N) is 4. The van der Waals surface area contributed by atoms with Crippen molar-refractivity contribution in [2.24, 2.45) is 0 Å². The summed E-state index contributed by atoms with van der Waals surface area (Å²) in [6.45, 7) is 0.130. The van der Waals surface area contributed by atoms with Crippen LogP contribution in [0.1, 0.15) is 0 Å². The molecule has 0 aliphatic rings. The Kier molecular flexibility index (Phi) is 3.51. The third-order valence-electron chi connectivity index (χ3n) is 3.60. The van der Waals surface area contributed by atoms with E-state index in [1.807, 2.05) is 48.5 Å². The number of nitrogens with one attached hydrogen (secondary N) is 2. The highest BCUT2D eigenvalue weighted by atomic mass is 16.2. The minimum absolute atomic E-state index is 0.130. The zero-order chi connectivity index (χ0) is 16.4. The molecule has 0 atom stereocenters. The molecule has 0 bridgehead atoms. The number of anilines is 1. The molecular weight excluding hydrogens is 304 g/mol. The maximum absolute atomic E-state index is 11.9. The fourth-order valence-corrected chi connectivity index (χ4v) is 2.46. The van der Waals surface area contributed by atoms with Crippen LogP contribution in [0.25, 0.3) is 22.4 Å². The molecule has 118 valence electrons. The number of H-pyrrole nitrogens is 1. The van der Waals surface area contributed by atoms with Crippen molar-refractivity contribution in [1.29, 1.82) is 0 Å². The minimum atomic E-state index is -0.156. The summed E-state index contributed by atoms with van der Waals surface area (Å²) in [5, 5.41) is 6.73. The molecule has 1 amide bonds. The first kappa shape index (κ1) is 14.1. The third-order valence-corrected chi connectivity index (χ3v) is 3.60. The highest BCUT2D eigenvalue weighted by molar-refractivity contribution is 5.90. The number of aromatic nitrogens is 5. The van der Waals surface area contributed by atoms with E-state index < -0.39 is 0 Å². The van der Waals surface area contributed by atoms with Crippen LogP contribution >= 0.6 is 0 Å². The van der Waals surface area contributed by atoms with Gasteiger partial charge in [0.25, 0.3) is 0 Å². The van der Waals surface area contributed by atoms with Crippen molar-refractivity contribution in [1.82, 2.24) is 24.7 Å². The minimum Gasteiger partial charge on any atom is -0.338 e. The van der Waals surface area contributed by atoms with Crippen molar-refractivity contribution in [3.8, 4) is 11.4 Å². The van der Waals surface area contributed by atoms with Crippen LogP contribution < -0.4 is 5.32 Å². The lowest BCUT2D eigenvalue weighted by molar-refractivity contribution is -0.116. The molecule has 0 unspecified atom stereocenters. The molecule has 0 aliphatic heterocycles. The van der Waals surface area contributed by atoms with E-state index in [4.69, 9.17) is 0 Å². The number of para-hydroxylation sites is 2. The van der Waals surface area contributed by atoms with E-state index in [9.17, 15) is 4.79 Å². The predicted molar refractivity (Wildman–Crippen MR) is 90.2 cm³/mol. The average molecular weight is 318 g/mol. The van der Waals surface area contributed by atoms with Gasteiger partial charge in [-0.05, 0) is 36.4 Å². The number of rotatable bonds is 4. The van der Waals surface area contributed by atoms with Gasteiger partial charge in [0.15, 0.2) is 0 Å². The van der Waals surface area contributed by atoms with Crippen molar-refractivity contribution >= 4 is 22.6 Å². The average Bonchev–Trinajstić information content (AvgIpc) is 3.24. The summed E-state index contributed by atoms with van der Waals surface area (Å²) in [5.74, 6) is 0.647. The Hall–Kier alpha value is -3.48. The molecule has 24 heavy (non-hydrogen) atoms. The van der Waals surface area contributed by atoms with E-state index >= 15 is 0 Å². The third kappa shape index (κ3) is 2.87. The zero-order valence-corrected chi connectivity index (χ0v) is 12.7. The monoisotopic (exact) mass is 318 g/mol. The van der Waals surface area contributed by atoms with Gasteiger partial charge in [0, 0.05) is 11.3 Å². The van der Waals surface area contributed by atoms with Crippen LogP contribution in [0, 0.1) is 0 Å². The van der Waals surface area contributed by atoms with Crippen LogP contribution in [0.4, 0.5) is 5.69 Å². The van der Waals surface area contributed by atoms with Crippen LogP contribution in [0.5, 0.6) is 0 Å². The van der Waals surface area contributed by atoms with Crippen molar-refractivity contribution in [3.63, 3.8) is 0 Å². The lowest BCUT2D eigenvalue weighted by Crippen LogP contribution is -2.18. The van der Waals surface area contributed by atoms with Crippen LogP contribution in [0.3, 0.4) is 0 Å². The summed E-state index contributed by atoms with van der Waals surface area (Å²) in [7, 11) is 0. The van der Waals surface area contributed by atoms with Crippen LogP contribution in [-0.4, -0.2) is 30.6 Å². The molecule has 7 heteroatoms. The number of carbonyl (C=O) groups is 1. The van der Waals surface area contributed by atoms with Crippen molar-refractivity contribution < 1.29 is 4.79 Å². The topological polar surface area (TPSA) is 88.5 Å². The predicted octanol–water partition coefficient (Wildman–Crippen LogP) is 2.46. The van der Waals surface area contributed by atoms with E-state index in [-0.39, 0.29) is 12.5 Å². The van der Waals surface area contributed by atoms with Crippen molar-refractivity contribution in [2.45, 2.75) is 6.54 Å². The molecule has 2 heterocycles. The summed E-state index contributed by atoms with van der Waals surface area (Å²) in [6, 6.07) is 15.4. The largest absolute Gasteiger partial charge is 0.338 e. The molecule has 0 spiro atoms. The van der Waals surface area contributed by atoms with Gasteiger partial charge in [-0.15, -0.1) is 0 Å². The van der Waals surface area contributed by atoms with E-state index in [2.05, 4.69) is 25.4 Å². The second-order valence-electron chi connectivity index (χ2n) is 5.32. The molecular formula is C17H14N6O. The quantitative estimate of drug-likeness (QED) is 0.605. The lowest BCUT2D eigenvalue weighted by atomic mass is 10.2. The van der Waals surface area contributed by atoms with Gasteiger partial charge in [-0.25, -0.2) is 14.6 Å². The molecule has 0 fully saturated rings. The molecule has 4 rings (SSSR count). The molecule has 0 aliphatic carbocycles. The summed E-state index contributed by atoms with van der Waals surface area (Å²) in [5.41, 5.74) is 3.61. The number of hydrogen-bond donors (Lipinski definition) is 2. The number of carbonyl (C=O) groups excluding carboxylic acids is 1. The standard InChI is InChI=1S/C17H14N6O/c24-16(9-23-11-18-10-19-23)20-13-7-5-12(6-8-13)17-21-14-3-1-2-4-15(14)22-17/h1-8,10-11H,9H2,(H,20,24)(H,21,22). The van der Waals surface area contributed by atoms with Crippen LogP contribution in [0.2, 0.25) is 0 Å². The Morgan fingerprint density at radius 1 is 1.12 bits per heavy atom. The van der Waals surface area contributed by atoms with Crippen molar-refractivity contribution in [2.75, 3.05) is 5.32 Å². The first-order chi connectivity index (χ1) is 11.8. The fraction of sp³-hybridized carbons (Fsp3) is 0.0588. The molecule has 2 aromatic carbocycles. The van der Waals surface area contributed by atoms with Gasteiger partial charge in [0.2, 0.25) is 5.91 Å². The Balaban J connectivity index is 1.49. The first-order valence-electron chi connectivity index (χ1n) is 7.45.